The molecule has 2 heterocycles. The molecule has 1 aliphatic rings. The van der Waals surface area contributed by atoms with E-state index in [4.69, 9.17) is 0 Å². The highest BCUT2D eigenvalue weighted by molar-refractivity contribution is 5.57. The fourth-order valence-corrected chi connectivity index (χ4v) is 2.21. The first kappa shape index (κ1) is 10.5. The average Bonchev–Trinajstić information content (AvgIpc) is 2.96. The molecule has 3 rings (SSSR count). The van der Waals surface area contributed by atoms with Gasteiger partial charge in [-0.1, -0.05) is 19.1 Å². The van der Waals surface area contributed by atoms with Gasteiger partial charge in [0.15, 0.2) is 5.82 Å². The maximum absolute atomic E-state index is 4.51. The zero-order chi connectivity index (χ0) is 11.7. The Balaban J connectivity index is 1.92. The quantitative estimate of drug-likeness (QED) is 0.845. The number of benzene rings is 1. The number of nitrogens with zero attached hydrogens (tertiary/aromatic N) is 2. The number of rotatable bonds is 3. The summed E-state index contributed by atoms with van der Waals surface area (Å²) in [5, 5.41) is 10.6. The van der Waals surface area contributed by atoms with Gasteiger partial charge in [0, 0.05) is 25.1 Å². The van der Waals surface area contributed by atoms with Crippen LogP contribution in [0.15, 0.2) is 18.2 Å². The monoisotopic (exact) mass is 228 g/mol. The fraction of sp³-hybridized carbons (Fsp3) is 0.385. The van der Waals surface area contributed by atoms with Gasteiger partial charge >= 0.3 is 0 Å². The number of hydrogen-bond donors (Lipinski definition) is 2. The molecule has 0 fully saturated rings. The summed E-state index contributed by atoms with van der Waals surface area (Å²) in [7, 11) is 0. The Morgan fingerprint density at radius 1 is 1.24 bits per heavy atom. The molecule has 0 unspecified atom stereocenters. The van der Waals surface area contributed by atoms with Crippen LogP contribution in [-0.4, -0.2) is 15.2 Å². The molecule has 4 heteroatoms. The van der Waals surface area contributed by atoms with Crippen molar-refractivity contribution in [3.05, 3.63) is 35.2 Å². The van der Waals surface area contributed by atoms with E-state index in [-0.39, 0.29) is 0 Å². The number of aromatic amines is 1. The molecule has 88 valence electrons. The van der Waals surface area contributed by atoms with Crippen LogP contribution >= 0.6 is 0 Å². The lowest BCUT2D eigenvalue weighted by Crippen LogP contribution is -1.99. The van der Waals surface area contributed by atoms with Gasteiger partial charge in [0.2, 0.25) is 0 Å². The van der Waals surface area contributed by atoms with Crippen molar-refractivity contribution in [1.29, 1.82) is 0 Å². The van der Waals surface area contributed by atoms with Crippen LogP contribution in [0.2, 0.25) is 0 Å². The summed E-state index contributed by atoms with van der Waals surface area (Å²) < 4.78 is 0. The normalized spacial score (nSPS) is 13.9. The van der Waals surface area contributed by atoms with E-state index in [0.717, 1.165) is 43.1 Å². The third-order valence-electron chi connectivity index (χ3n) is 3.11. The number of nitrogens with one attached hydrogen (secondary N) is 2. The van der Waals surface area contributed by atoms with Crippen LogP contribution in [0, 0.1) is 0 Å². The summed E-state index contributed by atoms with van der Waals surface area (Å²) in [4.78, 5) is 4.51. The van der Waals surface area contributed by atoms with E-state index in [2.05, 4.69) is 45.6 Å². The minimum absolute atomic E-state index is 0.808. The van der Waals surface area contributed by atoms with Crippen LogP contribution in [0.1, 0.15) is 30.3 Å². The van der Waals surface area contributed by atoms with Crippen molar-refractivity contribution in [3.8, 4) is 11.4 Å². The summed E-state index contributed by atoms with van der Waals surface area (Å²) in [6, 6.07) is 6.46. The molecule has 1 aromatic carbocycles. The zero-order valence-corrected chi connectivity index (χ0v) is 9.95. The Labute approximate surface area is 100 Å². The van der Waals surface area contributed by atoms with Gasteiger partial charge in [-0.2, -0.15) is 5.10 Å². The molecule has 0 aliphatic carbocycles. The topological polar surface area (TPSA) is 53.6 Å². The molecule has 0 amide bonds. The van der Waals surface area contributed by atoms with Gasteiger partial charge in [0.1, 0.15) is 5.82 Å². The van der Waals surface area contributed by atoms with Gasteiger partial charge in [-0.25, -0.2) is 4.98 Å². The van der Waals surface area contributed by atoms with Gasteiger partial charge < -0.3 is 5.32 Å². The van der Waals surface area contributed by atoms with Crippen molar-refractivity contribution in [3.63, 3.8) is 0 Å². The summed E-state index contributed by atoms with van der Waals surface area (Å²) >= 11 is 0. The van der Waals surface area contributed by atoms with E-state index in [1.807, 2.05) is 0 Å². The molecule has 0 bridgehead atoms. The second-order valence-electron chi connectivity index (χ2n) is 4.44. The van der Waals surface area contributed by atoms with Crippen LogP contribution in [-0.2, 0) is 19.5 Å². The van der Waals surface area contributed by atoms with E-state index < -0.39 is 0 Å². The number of hydrogen-bond acceptors (Lipinski definition) is 3. The molecule has 17 heavy (non-hydrogen) atoms. The molecular formula is C13H16N4. The first-order valence-electron chi connectivity index (χ1n) is 6.11. The van der Waals surface area contributed by atoms with E-state index in [9.17, 15) is 0 Å². The minimum Gasteiger partial charge on any atom is -0.309 e. The second kappa shape index (κ2) is 4.30. The summed E-state index contributed by atoms with van der Waals surface area (Å²) in [5.41, 5.74) is 3.86. The predicted molar refractivity (Wildman–Crippen MR) is 66.4 cm³/mol. The largest absolute Gasteiger partial charge is 0.309 e. The van der Waals surface area contributed by atoms with Crippen molar-refractivity contribution in [2.45, 2.75) is 32.9 Å². The van der Waals surface area contributed by atoms with Gasteiger partial charge in [-0.15, -0.1) is 0 Å². The van der Waals surface area contributed by atoms with Crippen molar-refractivity contribution in [2.75, 3.05) is 0 Å². The Morgan fingerprint density at radius 2 is 2.12 bits per heavy atom. The molecule has 2 N–H and O–H groups in total. The second-order valence-corrected chi connectivity index (χ2v) is 4.44. The van der Waals surface area contributed by atoms with Gasteiger partial charge in [-0.05, 0) is 23.6 Å². The van der Waals surface area contributed by atoms with Crippen LogP contribution in [0.25, 0.3) is 11.4 Å². The average molecular weight is 228 g/mol. The summed E-state index contributed by atoms with van der Waals surface area (Å²) in [6.45, 7) is 4.07. The van der Waals surface area contributed by atoms with Crippen molar-refractivity contribution < 1.29 is 0 Å². The molecule has 1 aliphatic heterocycles. The lowest BCUT2D eigenvalue weighted by Gasteiger charge is -2.00. The molecular weight excluding hydrogens is 212 g/mol. The maximum atomic E-state index is 4.51. The van der Waals surface area contributed by atoms with Crippen LogP contribution in [0.5, 0.6) is 0 Å². The van der Waals surface area contributed by atoms with E-state index in [1.165, 1.54) is 11.1 Å². The fourth-order valence-electron chi connectivity index (χ4n) is 2.21. The predicted octanol–water partition coefficient (Wildman–Crippen LogP) is 2.03. The van der Waals surface area contributed by atoms with E-state index in [1.54, 1.807) is 0 Å². The van der Waals surface area contributed by atoms with Crippen LogP contribution in [0.3, 0.4) is 0 Å². The van der Waals surface area contributed by atoms with E-state index in [0.29, 0.717) is 0 Å². The first-order valence-corrected chi connectivity index (χ1v) is 6.11. The minimum atomic E-state index is 0.808. The lowest BCUT2D eigenvalue weighted by atomic mass is 10.1. The molecule has 0 atom stereocenters. The SMILES string of the molecule is CCCc1nc(-c2ccc3c(c2)CNC3)n[nH]1. The van der Waals surface area contributed by atoms with Crippen molar-refractivity contribution in [1.82, 2.24) is 20.5 Å². The number of aryl methyl sites for hydroxylation is 1. The highest BCUT2D eigenvalue weighted by Gasteiger charge is 2.12. The van der Waals surface area contributed by atoms with Gasteiger partial charge in [0.05, 0.1) is 0 Å². The van der Waals surface area contributed by atoms with Crippen molar-refractivity contribution in [2.24, 2.45) is 0 Å². The number of fused-ring (bicyclic) bond motifs is 1. The zero-order valence-electron chi connectivity index (χ0n) is 9.95. The Bertz CT molecular complexity index is 530. The van der Waals surface area contributed by atoms with Gasteiger partial charge in [-0.3, -0.25) is 5.10 Å². The number of H-pyrrole nitrogens is 1. The highest BCUT2D eigenvalue weighted by atomic mass is 15.2. The first-order chi connectivity index (χ1) is 8.36. The summed E-state index contributed by atoms with van der Waals surface area (Å²) in [6.07, 6.45) is 2.04. The molecule has 4 nitrogen and oxygen atoms in total. The third-order valence-corrected chi connectivity index (χ3v) is 3.11. The Morgan fingerprint density at radius 3 is 3.00 bits per heavy atom. The molecule has 0 saturated heterocycles. The lowest BCUT2D eigenvalue weighted by molar-refractivity contribution is 0.765. The molecule has 0 spiro atoms. The standard InChI is InChI=1S/C13H16N4/c1-2-3-12-15-13(17-16-12)9-4-5-10-7-14-8-11(10)6-9/h4-6,14H,2-3,7-8H2,1H3,(H,15,16,17). The maximum Gasteiger partial charge on any atom is 0.181 e. The van der Waals surface area contributed by atoms with E-state index >= 15 is 0 Å². The number of aromatic nitrogens is 3. The molecule has 1 aromatic heterocycles. The van der Waals surface area contributed by atoms with Crippen LogP contribution < -0.4 is 5.32 Å². The molecule has 0 radical (unpaired) electrons. The van der Waals surface area contributed by atoms with Crippen LogP contribution in [0.4, 0.5) is 0 Å². The third kappa shape index (κ3) is 1.96. The Hall–Kier alpha value is -1.68. The molecule has 0 saturated carbocycles. The van der Waals surface area contributed by atoms with Crippen molar-refractivity contribution >= 4 is 0 Å². The Kier molecular flexibility index (Phi) is 2.65. The molecule has 2 aromatic rings. The van der Waals surface area contributed by atoms with Gasteiger partial charge in [0.25, 0.3) is 0 Å². The smallest absolute Gasteiger partial charge is 0.181 e. The highest BCUT2D eigenvalue weighted by Crippen LogP contribution is 2.22. The summed E-state index contributed by atoms with van der Waals surface area (Å²) in [5.74, 6) is 1.78.